The number of hydrogen-bond acceptors (Lipinski definition) is 3. The molecule has 0 aliphatic rings. The molecule has 0 bridgehead atoms. The van der Waals surface area contributed by atoms with Crippen LogP contribution in [0.4, 0.5) is 10.1 Å². The Balaban J connectivity index is 1.92. The zero-order chi connectivity index (χ0) is 16.8. The van der Waals surface area contributed by atoms with E-state index in [-0.39, 0.29) is 10.6 Å². The summed E-state index contributed by atoms with van der Waals surface area (Å²) in [6.07, 6.45) is 0.849. The van der Waals surface area contributed by atoms with Gasteiger partial charge in [0.2, 0.25) is 0 Å². The highest BCUT2D eigenvalue weighted by Crippen LogP contribution is 2.18. The molecule has 0 saturated heterocycles. The molecule has 0 spiro atoms. The zero-order valence-corrected chi connectivity index (χ0v) is 13.2. The van der Waals surface area contributed by atoms with Crippen molar-refractivity contribution >= 4 is 29.2 Å². The van der Waals surface area contributed by atoms with Crippen molar-refractivity contribution in [1.29, 1.82) is 0 Å². The molecule has 0 unspecified atom stereocenters. The van der Waals surface area contributed by atoms with Crippen molar-refractivity contribution in [1.82, 2.24) is 0 Å². The number of aryl methyl sites for hydroxylation is 1. The van der Waals surface area contributed by atoms with Gasteiger partial charge >= 0.3 is 5.97 Å². The van der Waals surface area contributed by atoms with Crippen LogP contribution in [0.3, 0.4) is 0 Å². The van der Waals surface area contributed by atoms with E-state index in [4.69, 9.17) is 16.3 Å². The van der Waals surface area contributed by atoms with Crippen LogP contribution in [0.2, 0.25) is 5.02 Å². The van der Waals surface area contributed by atoms with Crippen molar-refractivity contribution in [2.75, 3.05) is 11.9 Å². The summed E-state index contributed by atoms with van der Waals surface area (Å²) in [6, 6.07) is 10.7. The maximum Gasteiger partial charge on any atom is 0.340 e. The third kappa shape index (κ3) is 4.79. The molecule has 2 aromatic rings. The van der Waals surface area contributed by atoms with E-state index in [1.165, 1.54) is 6.07 Å². The molecule has 0 atom stereocenters. The molecule has 0 heterocycles. The first-order valence-corrected chi connectivity index (χ1v) is 7.38. The maximum atomic E-state index is 12.9. The SMILES string of the molecule is CCc1cccc(NC(=O)COC(=O)c2ccc(F)cc2Cl)c1. The van der Waals surface area contributed by atoms with Crippen LogP contribution < -0.4 is 5.32 Å². The second-order valence-electron chi connectivity index (χ2n) is 4.80. The second-order valence-corrected chi connectivity index (χ2v) is 5.21. The van der Waals surface area contributed by atoms with Crippen LogP contribution in [-0.4, -0.2) is 18.5 Å². The smallest absolute Gasteiger partial charge is 0.340 e. The highest BCUT2D eigenvalue weighted by molar-refractivity contribution is 6.33. The van der Waals surface area contributed by atoms with E-state index < -0.39 is 24.3 Å². The second kappa shape index (κ2) is 7.74. The highest BCUT2D eigenvalue weighted by atomic mass is 35.5. The minimum atomic E-state index is -0.785. The number of ether oxygens (including phenoxy) is 1. The zero-order valence-electron chi connectivity index (χ0n) is 12.4. The summed E-state index contributed by atoms with van der Waals surface area (Å²) in [5.74, 6) is -1.81. The van der Waals surface area contributed by atoms with Crippen molar-refractivity contribution in [2.45, 2.75) is 13.3 Å². The number of amides is 1. The number of nitrogens with one attached hydrogen (secondary N) is 1. The minimum absolute atomic E-state index is 0.00819. The van der Waals surface area contributed by atoms with Crippen LogP contribution in [0.1, 0.15) is 22.8 Å². The van der Waals surface area contributed by atoms with Crippen molar-refractivity contribution in [3.8, 4) is 0 Å². The summed E-state index contributed by atoms with van der Waals surface area (Å²) in [5.41, 5.74) is 1.72. The summed E-state index contributed by atoms with van der Waals surface area (Å²) in [6.45, 7) is 1.55. The largest absolute Gasteiger partial charge is 0.452 e. The lowest BCUT2D eigenvalue weighted by Gasteiger charge is -2.08. The van der Waals surface area contributed by atoms with E-state index in [1.807, 2.05) is 25.1 Å². The maximum absolute atomic E-state index is 12.9. The van der Waals surface area contributed by atoms with Gasteiger partial charge in [-0.25, -0.2) is 9.18 Å². The molecule has 0 aromatic heterocycles. The Hall–Kier alpha value is -2.40. The molecule has 2 rings (SSSR count). The molecule has 4 nitrogen and oxygen atoms in total. The van der Waals surface area contributed by atoms with Gasteiger partial charge in [0.1, 0.15) is 5.82 Å². The van der Waals surface area contributed by atoms with E-state index in [1.54, 1.807) is 6.07 Å². The van der Waals surface area contributed by atoms with E-state index in [0.717, 1.165) is 24.1 Å². The number of carbonyl (C=O) groups excluding carboxylic acids is 2. The number of carbonyl (C=O) groups is 2. The minimum Gasteiger partial charge on any atom is -0.452 e. The third-order valence-electron chi connectivity index (χ3n) is 3.10. The molecule has 0 aliphatic heterocycles. The molecule has 1 N–H and O–H groups in total. The summed E-state index contributed by atoms with van der Waals surface area (Å²) < 4.78 is 17.8. The number of halogens is 2. The molecule has 23 heavy (non-hydrogen) atoms. The van der Waals surface area contributed by atoms with Gasteiger partial charge < -0.3 is 10.1 Å². The number of benzene rings is 2. The van der Waals surface area contributed by atoms with Gasteiger partial charge in [-0.2, -0.15) is 0 Å². The molecule has 0 saturated carbocycles. The van der Waals surface area contributed by atoms with Crippen molar-refractivity contribution < 1.29 is 18.7 Å². The lowest BCUT2D eigenvalue weighted by molar-refractivity contribution is -0.119. The third-order valence-corrected chi connectivity index (χ3v) is 3.42. The van der Waals surface area contributed by atoms with Crippen LogP contribution in [0.25, 0.3) is 0 Å². The fourth-order valence-electron chi connectivity index (χ4n) is 1.93. The van der Waals surface area contributed by atoms with E-state index >= 15 is 0 Å². The fourth-order valence-corrected chi connectivity index (χ4v) is 2.17. The molecule has 1 amide bonds. The standard InChI is InChI=1S/C17H15ClFNO3/c1-2-11-4-3-5-13(8-11)20-16(21)10-23-17(22)14-7-6-12(19)9-15(14)18/h3-9H,2,10H2,1H3,(H,20,21). The Morgan fingerprint density at radius 2 is 2.00 bits per heavy atom. The van der Waals surface area contributed by atoms with Crippen LogP contribution >= 0.6 is 11.6 Å². The summed E-state index contributed by atoms with van der Waals surface area (Å²) in [7, 11) is 0. The average Bonchev–Trinajstić information content (AvgIpc) is 2.53. The van der Waals surface area contributed by atoms with Gasteiger partial charge in [-0.15, -0.1) is 0 Å². The predicted octanol–water partition coefficient (Wildman–Crippen LogP) is 3.84. The van der Waals surface area contributed by atoms with Gasteiger partial charge in [-0.3, -0.25) is 4.79 Å². The molecule has 0 aliphatic carbocycles. The highest BCUT2D eigenvalue weighted by Gasteiger charge is 2.14. The Morgan fingerprint density at radius 3 is 2.70 bits per heavy atom. The number of hydrogen-bond donors (Lipinski definition) is 1. The number of esters is 1. The Kier molecular flexibility index (Phi) is 5.71. The quantitative estimate of drug-likeness (QED) is 0.845. The molecular formula is C17H15ClFNO3. The van der Waals surface area contributed by atoms with Crippen LogP contribution in [0.5, 0.6) is 0 Å². The summed E-state index contributed by atoms with van der Waals surface area (Å²) in [5, 5.41) is 2.57. The first-order chi connectivity index (χ1) is 11.0. The molecule has 120 valence electrons. The van der Waals surface area contributed by atoms with Crippen molar-refractivity contribution in [3.05, 3.63) is 64.4 Å². The Labute approximate surface area is 138 Å². The Morgan fingerprint density at radius 1 is 1.22 bits per heavy atom. The van der Waals surface area contributed by atoms with Gasteiger partial charge in [0.05, 0.1) is 10.6 Å². The molecule has 2 aromatic carbocycles. The van der Waals surface area contributed by atoms with Gasteiger partial charge in [-0.05, 0) is 42.3 Å². The first kappa shape index (κ1) is 17.0. The van der Waals surface area contributed by atoms with Gasteiger partial charge in [0, 0.05) is 5.69 Å². The van der Waals surface area contributed by atoms with E-state index in [0.29, 0.717) is 5.69 Å². The predicted molar refractivity (Wildman–Crippen MR) is 86.1 cm³/mol. The molecule has 0 radical (unpaired) electrons. The fraction of sp³-hybridized carbons (Fsp3) is 0.176. The normalized spacial score (nSPS) is 10.2. The van der Waals surface area contributed by atoms with Gasteiger partial charge in [0.25, 0.3) is 5.91 Å². The number of rotatable bonds is 5. The average molecular weight is 336 g/mol. The van der Waals surface area contributed by atoms with Gasteiger partial charge in [0.15, 0.2) is 6.61 Å². The lowest BCUT2D eigenvalue weighted by atomic mass is 10.1. The van der Waals surface area contributed by atoms with E-state index in [2.05, 4.69) is 5.32 Å². The van der Waals surface area contributed by atoms with Gasteiger partial charge in [-0.1, -0.05) is 30.7 Å². The van der Waals surface area contributed by atoms with Crippen LogP contribution in [-0.2, 0) is 16.0 Å². The summed E-state index contributed by atoms with van der Waals surface area (Å²) >= 11 is 5.76. The topological polar surface area (TPSA) is 55.4 Å². The molecule has 0 fully saturated rings. The first-order valence-electron chi connectivity index (χ1n) is 7.00. The van der Waals surface area contributed by atoms with Crippen molar-refractivity contribution in [2.24, 2.45) is 0 Å². The van der Waals surface area contributed by atoms with E-state index in [9.17, 15) is 14.0 Å². The molecule has 6 heteroatoms. The number of anilines is 1. The van der Waals surface area contributed by atoms with Crippen LogP contribution in [0.15, 0.2) is 42.5 Å². The summed E-state index contributed by atoms with van der Waals surface area (Å²) in [4.78, 5) is 23.6. The van der Waals surface area contributed by atoms with Crippen molar-refractivity contribution in [3.63, 3.8) is 0 Å². The Bertz CT molecular complexity index is 734. The monoisotopic (exact) mass is 335 g/mol. The van der Waals surface area contributed by atoms with Crippen LogP contribution in [0, 0.1) is 5.82 Å². The lowest BCUT2D eigenvalue weighted by Crippen LogP contribution is -2.21. The molecular weight excluding hydrogens is 321 g/mol.